The van der Waals surface area contributed by atoms with Crippen LogP contribution in [0.25, 0.3) is 6.08 Å². The van der Waals surface area contributed by atoms with Crippen molar-refractivity contribution in [1.29, 1.82) is 0 Å². The third-order valence-electron chi connectivity index (χ3n) is 4.76. The number of esters is 1. The molecule has 0 N–H and O–H groups in total. The van der Waals surface area contributed by atoms with Crippen LogP contribution in [0.4, 0.5) is 0 Å². The number of Topliss-reactive ketones (excluding diaryl/α,β-unsaturated/α-hetero) is 1. The minimum absolute atomic E-state index is 0.164. The molecule has 1 heterocycles. The van der Waals surface area contributed by atoms with Gasteiger partial charge in [-0.3, -0.25) is 9.59 Å². The normalized spacial score (nSPS) is 13.7. The van der Waals surface area contributed by atoms with Crippen LogP contribution in [0.5, 0.6) is 17.2 Å². The van der Waals surface area contributed by atoms with Gasteiger partial charge in [0, 0.05) is 6.07 Å². The van der Waals surface area contributed by atoms with Crippen LogP contribution in [-0.2, 0) is 11.2 Å². The van der Waals surface area contributed by atoms with Crippen molar-refractivity contribution in [2.75, 3.05) is 7.11 Å². The van der Waals surface area contributed by atoms with Crippen LogP contribution < -0.4 is 14.2 Å². The second kappa shape index (κ2) is 8.25. The highest BCUT2D eigenvalue weighted by Gasteiger charge is 2.30. The third-order valence-corrected chi connectivity index (χ3v) is 4.76. The van der Waals surface area contributed by atoms with Crippen molar-refractivity contribution in [1.82, 2.24) is 0 Å². The molecular formula is C25H20O5. The monoisotopic (exact) mass is 400 g/mol. The highest BCUT2D eigenvalue weighted by atomic mass is 16.5. The van der Waals surface area contributed by atoms with Crippen LogP contribution in [0.2, 0.25) is 0 Å². The number of methoxy groups -OCH3 is 1. The van der Waals surface area contributed by atoms with Crippen LogP contribution in [-0.4, -0.2) is 18.9 Å². The molecule has 0 atom stereocenters. The van der Waals surface area contributed by atoms with E-state index in [2.05, 4.69) is 0 Å². The van der Waals surface area contributed by atoms with Crippen molar-refractivity contribution in [3.8, 4) is 17.2 Å². The van der Waals surface area contributed by atoms with E-state index in [0.717, 1.165) is 11.1 Å². The number of ether oxygens (including phenoxy) is 3. The number of carbonyl (C=O) groups excluding carboxylic acids is 2. The Hall–Kier alpha value is -3.86. The fraction of sp³-hybridized carbons (Fsp3) is 0.120. The zero-order valence-corrected chi connectivity index (χ0v) is 16.7. The van der Waals surface area contributed by atoms with Gasteiger partial charge in [-0.15, -0.1) is 0 Å². The molecule has 0 bridgehead atoms. The number of ketones is 1. The standard InChI is InChI=1S/C25H20O5/c1-16-11-20(29-23(26)14-17-7-4-3-5-8-17)15-21-24(16)25(27)22(30-21)13-18-9-6-10-19(12-18)28-2/h3-13,15H,14H2,1-2H3/b22-13-. The van der Waals surface area contributed by atoms with E-state index in [1.807, 2.05) is 54.6 Å². The Morgan fingerprint density at radius 3 is 2.57 bits per heavy atom. The second-order valence-electron chi connectivity index (χ2n) is 6.97. The van der Waals surface area contributed by atoms with Crippen molar-refractivity contribution in [3.63, 3.8) is 0 Å². The van der Waals surface area contributed by atoms with Crippen molar-refractivity contribution >= 4 is 17.8 Å². The Kier molecular flexibility index (Phi) is 5.35. The lowest BCUT2D eigenvalue weighted by atomic mass is 10.0. The SMILES string of the molecule is COc1cccc(/C=C2\Oc3cc(OC(=O)Cc4ccccc4)cc(C)c3C2=O)c1. The van der Waals surface area contributed by atoms with Crippen LogP contribution >= 0.6 is 0 Å². The summed E-state index contributed by atoms with van der Waals surface area (Å²) in [5.74, 6) is 1.06. The first-order valence-electron chi connectivity index (χ1n) is 9.51. The molecule has 0 aromatic heterocycles. The van der Waals surface area contributed by atoms with Gasteiger partial charge in [-0.05, 0) is 47.9 Å². The largest absolute Gasteiger partial charge is 0.497 e. The summed E-state index contributed by atoms with van der Waals surface area (Å²) in [4.78, 5) is 25.1. The number of fused-ring (bicyclic) bond motifs is 1. The number of rotatable bonds is 5. The van der Waals surface area contributed by atoms with E-state index < -0.39 is 0 Å². The predicted octanol–water partition coefficient (Wildman–Crippen LogP) is 4.77. The van der Waals surface area contributed by atoms with E-state index >= 15 is 0 Å². The Morgan fingerprint density at radius 2 is 1.80 bits per heavy atom. The molecule has 5 nitrogen and oxygen atoms in total. The highest BCUT2D eigenvalue weighted by molar-refractivity contribution is 6.15. The zero-order chi connectivity index (χ0) is 21.1. The Bertz CT molecular complexity index is 1150. The van der Waals surface area contributed by atoms with Crippen LogP contribution in [0.3, 0.4) is 0 Å². The van der Waals surface area contributed by atoms with Gasteiger partial charge in [0.2, 0.25) is 5.78 Å². The van der Waals surface area contributed by atoms with Gasteiger partial charge < -0.3 is 14.2 Å². The van der Waals surface area contributed by atoms with E-state index in [0.29, 0.717) is 28.4 Å². The van der Waals surface area contributed by atoms with Crippen LogP contribution in [0, 0.1) is 6.92 Å². The van der Waals surface area contributed by atoms with Crippen LogP contribution in [0.1, 0.15) is 27.0 Å². The number of benzene rings is 3. The Balaban J connectivity index is 1.55. The summed E-state index contributed by atoms with van der Waals surface area (Å²) in [6.45, 7) is 1.79. The van der Waals surface area contributed by atoms with Crippen molar-refractivity contribution in [2.24, 2.45) is 0 Å². The topological polar surface area (TPSA) is 61.8 Å². The summed E-state index contributed by atoms with van der Waals surface area (Å²) in [5.41, 5.74) is 2.83. The second-order valence-corrected chi connectivity index (χ2v) is 6.97. The first-order valence-corrected chi connectivity index (χ1v) is 9.51. The molecule has 5 heteroatoms. The number of hydrogen-bond acceptors (Lipinski definition) is 5. The molecule has 4 rings (SSSR count). The molecule has 1 aliphatic heterocycles. The summed E-state index contributed by atoms with van der Waals surface area (Å²) in [6.07, 6.45) is 1.84. The molecule has 3 aromatic carbocycles. The summed E-state index contributed by atoms with van der Waals surface area (Å²) in [7, 11) is 1.59. The first kappa shape index (κ1) is 19.5. The molecule has 1 aliphatic rings. The molecule has 0 aliphatic carbocycles. The maximum atomic E-state index is 12.8. The van der Waals surface area contributed by atoms with E-state index in [1.54, 1.807) is 32.2 Å². The van der Waals surface area contributed by atoms with Gasteiger partial charge in [0.1, 0.15) is 17.2 Å². The molecule has 150 valence electrons. The molecule has 0 saturated heterocycles. The lowest BCUT2D eigenvalue weighted by Gasteiger charge is -2.08. The van der Waals surface area contributed by atoms with Gasteiger partial charge in [-0.2, -0.15) is 0 Å². The Labute approximate surface area is 174 Å². The van der Waals surface area contributed by atoms with Gasteiger partial charge >= 0.3 is 5.97 Å². The minimum Gasteiger partial charge on any atom is -0.497 e. The number of aryl methyl sites for hydroxylation is 1. The molecule has 0 radical (unpaired) electrons. The smallest absolute Gasteiger partial charge is 0.315 e. The minimum atomic E-state index is -0.378. The van der Waals surface area contributed by atoms with Crippen molar-refractivity contribution in [3.05, 3.63) is 94.7 Å². The van der Waals surface area contributed by atoms with E-state index in [4.69, 9.17) is 14.2 Å². The van der Waals surface area contributed by atoms with Crippen molar-refractivity contribution < 1.29 is 23.8 Å². The first-order chi connectivity index (χ1) is 14.5. The van der Waals surface area contributed by atoms with Crippen molar-refractivity contribution in [2.45, 2.75) is 13.3 Å². The molecule has 0 fully saturated rings. The van der Waals surface area contributed by atoms with Crippen LogP contribution in [0.15, 0.2) is 72.5 Å². The van der Waals surface area contributed by atoms with E-state index in [-0.39, 0.29) is 23.9 Å². The van der Waals surface area contributed by atoms with Gasteiger partial charge in [-0.25, -0.2) is 0 Å². The average Bonchev–Trinajstić information content (AvgIpc) is 3.04. The molecule has 0 spiro atoms. The summed E-state index contributed by atoms with van der Waals surface area (Å²) in [6, 6.07) is 20.0. The molecule has 0 saturated carbocycles. The average molecular weight is 400 g/mol. The Morgan fingerprint density at radius 1 is 1.00 bits per heavy atom. The molecule has 0 unspecified atom stereocenters. The summed E-state index contributed by atoms with van der Waals surface area (Å²) >= 11 is 0. The fourth-order valence-electron chi connectivity index (χ4n) is 3.35. The predicted molar refractivity (Wildman–Crippen MR) is 113 cm³/mol. The number of allylic oxidation sites excluding steroid dienone is 1. The fourth-order valence-corrected chi connectivity index (χ4v) is 3.35. The molecule has 3 aromatic rings. The maximum absolute atomic E-state index is 12.8. The maximum Gasteiger partial charge on any atom is 0.315 e. The quantitative estimate of drug-likeness (QED) is 0.351. The molecule has 30 heavy (non-hydrogen) atoms. The lowest BCUT2D eigenvalue weighted by Crippen LogP contribution is -2.11. The summed E-state index contributed by atoms with van der Waals surface area (Å²) < 4.78 is 16.5. The summed E-state index contributed by atoms with van der Waals surface area (Å²) in [5, 5.41) is 0. The third kappa shape index (κ3) is 4.10. The van der Waals surface area contributed by atoms with Gasteiger partial charge in [0.05, 0.1) is 19.1 Å². The highest BCUT2D eigenvalue weighted by Crippen LogP contribution is 2.37. The molecular weight excluding hydrogens is 380 g/mol. The number of hydrogen-bond donors (Lipinski definition) is 0. The molecule has 0 amide bonds. The number of carbonyl (C=O) groups is 2. The van der Waals surface area contributed by atoms with Gasteiger partial charge in [0.25, 0.3) is 0 Å². The lowest BCUT2D eigenvalue weighted by molar-refractivity contribution is -0.133. The van der Waals surface area contributed by atoms with Gasteiger partial charge in [-0.1, -0.05) is 42.5 Å². The van der Waals surface area contributed by atoms with Gasteiger partial charge in [0.15, 0.2) is 5.76 Å². The zero-order valence-electron chi connectivity index (χ0n) is 16.7. The van der Waals surface area contributed by atoms with E-state index in [9.17, 15) is 9.59 Å². The van der Waals surface area contributed by atoms with E-state index in [1.165, 1.54) is 0 Å².